The van der Waals surface area contributed by atoms with Crippen LogP contribution in [0, 0.1) is 6.92 Å². The van der Waals surface area contributed by atoms with Crippen LogP contribution in [0.3, 0.4) is 0 Å². The van der Waals surface area contributed by atoms with E-state index in [0.717, 1.165) is 17.0 Å². The lowest BCUT2D eigenvalue weighted by Crippen LogP contribution is -1.98. The van der Waals surface area contributed by atoms with E-state index in [1.807, 2.05) is 13.0 Å². The summed E-state index contributed by atoms with van der Waals surface area (Å²) in [7, 11) is 0. The van der Waals surface area contributed by atoms with Gasteiger partial charge in [-0.2, -0.15) is 5.10 Å². The molecule has 72 valence electrons. The standard InChI is InChI=1S/C9H13ClN2S/c1-7-5-9(12-11-6-7)13-8(2)3-4-10/h5-6,8H,3-4H2,1-2H3. The first-order valence-electron chi connectivity index (χ1n) is 4.24. The summed E-state index contributed by atoms with van der Waals surface area (Å²) in [5.74, 6) is 0.702. The van der Waals surface area contributed by atoms with Crippen molar-refractivity contribution in [3.05, 3.63) is 17.8 Å². The van der Waals surface area contributed by atoms with E-state index in [4.69, 9.17) is 11.6 Å². The predicted molar refractivity (Wildman–Crippen MR) is 57.4 cm³/mol. The lowest BCUT2D eigenvalue weighted by Gasteiger charge is -2.07. The molecule has 0 bridgehead atoms. The third-order valence-electron chi connectivity index (χ3n) is 1.61. The second kappa shape index (κ2) is 5.45. The van der Waals surface area contributed by atoms with Gasteiger partial charge in [-0.1, -0.05) is 6.92 Å². The van der Waals surface area contributed by atoms with Crippen molar-refractivity contribution in [2.45, 2.75) is 30.5 Å². The Morgan fingerprint density at radius 2 is 2.38 bits per heavy atom. The maximum Gasteiger partial charge on any atom is 0.119 e. The minimum absolute atomic E-state index is 0.508. The zero-order valence-electron chi connectivity index (χ0n) is 7.83. The number of aryl methyl sites for hydroxylation is 1. The van der Waals surface area contributed by atoms with Gasteiger partial charge in [-0.25, -0.2) is 0 Å². The third-order valence-corrected chi connectivity index (χ3v) is 2.90. The number of thioether (sulfide) groups is 1. The Hall–Kier alpha value is -0.280. The Kier molecular flexibility index (Phi) is 4.53. The van der Waals surface area contributed by atoms with Gasteiger partial charge in [0.1, 0.15) is 5.03 Å². The molecular weight excluding hydrogens is 204 g/mol. The maximum atomic E-state index is 5.64. The van der Waals surface area contributed by atoms with E-state index >= 15 is 0 Å². The van der Waals surface area contributed by atoms with E-state index in [1.165, 1.54) is 0 Å². The van der Waals surface area contributed by atoms with Gasteiger partial charge in [-0.3, -0.25) is 0 Å². The molecule has 0 aliphatic heterocycles. The highest BCUT2D eigenvalue weighted by Gasteiger charge is 2.04. The van der Waals surface area contributed by atoms with Crippen LogP contribution >= 0.6 is 23.4 Å². The summed E-state index contributed by atoms with van der Waals surface area (Å²) in [6.45, 7) is 4.17. The summed E-state index contributed by atoms with van der Waals surface area (Å²) < 4.78 is 0. The van der Waals surface area contributed by atoms with Crippen LogP contribution < -0.4 is 0 Å². The van der Waals surface area contributed by atoms with Crippen LogP contribution in [0.15, 0.2) is 17.3 Å². The molecule has 1 rings (SSSR count). The number of rotatable bonds is 4. The molecule has 13 heavy (non-hydrogen) atoms. The van der Waals surface area contributed by atoms with Gasteiger partial charge < -0.3 is 0 Å². The zero-order chi connectivity index (χ0) is 9.68. The molecule has 1 aromatic heterocycles. The minimum Gasteiger partial charge on any atom is -0.158 e. The fourth-order valence-electron chi connectivity index (χ4n) is 0.914. The van der Waals surface area contributed by atoms with E-state index < -0.39 is 0 Å². The Balaban J connectivity index is 2.53. The van der Waals surface area contributed by atoms with E-state index in [9.17, 15) is 0 Å². The molecule has 0 spiro atoms. The highest BCUT2D eigenvalue weighted by molar-refractivity contribution is 7.99. The molecule has 0 radical (unpaired) electrons. The quantitative estimate of drug-likeness (QED) is 0.572. The van der Waals surface area contributed by atoms with Crippen LogP contribution in [0.5, 0.6) is 0 Å². The summed E-state index contributed by atoms with van der Waals surface area (Å²) in [5.41, 5.74) is 1.15. The molecule has 0 aromatic carbocycles. The summed E-state index contributed by atoms with van der Waals surface area (Å²) in [6.07, 6.45) is 2.76. The lowest BCUT2D eigenvalue weighted by molar-refractivity contribution is 0.881. The predicted octanol–water partition coefficient (Wildman–Crippen LogP) is 2.89. The third kappa shape index (κ3) is 3.96. The Morgan fingerprint density at radius 3 is 3.00 bits per heavy atom. The fraction of sp³-hybridized carbons (Fsp3) is 0.556. The van der Waals surface area contributed by atoms with E-state index in [0.29, 0.717) is 11.1 Å². The number of halogens is 1. The Bertz CT molecular complexity index is 268. The molecule has 0 amide bonds. The van der Waals surface area contributed by atoms with Gasteiger partial charge in [0.2, 0.25) is 0 Å². The fourth-order valence-corrected chi connectivity index (χ4v) is 2.37. The molecule has 1 heterocycles. The summed E-state index contributed by atoms with van der Waals surface area (Å²) in [6, 6.07) is 2.04. The minimum atomic E-state index is 0.508. The molecule has 0 saturated heterocycles. The maximum absolute atomic E-state index is 5.64. The summed E-state index contributed by atoms with van der Waals surface area (Å²) in [5, 5.41) is 9.42. The highest BCUT2D eigenvalue weighted by Crippen LogP contribution is 2.23. The van der Waals surface area contributed by atoms with E-state index in [2.05, 4.69) is 17.1 Å². The van der Waals surface area contributed by atoms with Crippen molar-refractivity contribution in [2.75, 3.05) is 5.88 Å². The molecule has 0 fully saturated rings. The van der Waals surface area contributed by atoms with Crippen LogP contribution in [0.25, 0.3) is 0 Å². The Morgan fingerprint density at radius 1 is 1.62 bits per heavy atom. The highest BCUT2D eigenvalue weighted by atomic mass is 35.5. The first-order valence-corrected chi connectivity index (χ1v) is 5.65. The molecule has 0 N–H and O–H groups in total. The van der Waals surface area contributed by atoms with Gasteiger partial charge in [0.15, 0.2) is 0 Å². The second-order valence-electron chi connectivity index (χ2n) is 2.98. The Labute approximate surface area is 88.1 Å². The monoisotopic (exact) mass is 216 g/mol. The van der Waals surface area contributed by atoms with E-state index in [-0.39, 0.29) is 0 Å². The van der Waals surface area contributed by atoms with Gasteiger partial charge in [-0.05, 0) is 25.0 Å². The molecule has 0 aliphatic carbocycles. The van der Waals surface area contributed by atoms with Crippen LogP contribution in [-0.4, -0.2) is 21.3 Å². The second-order valence-corrected chi connectivity index (χ2v) is 4.81. The first kappa shape index (κ1) is 10.8. The molecule has 1 atom stereocenters. The van der Waals surface area contributed by atoms with Crippen molar-refractivity contribution in [2.24, 2.45) is 0 Å². The molecule has 1 unspecified atom stereocenters. The van der Waals surface area contributed by atoms with Crippen molar-refractivity contribution in [3.8, 4) is 0 Å². The van der Waals surface area contributed by atoms with Gasteiger partial charge in [0, 0.05) is 11.1 Å². The zero-order valence-corrected chi connectivity index (χ0v) is 9.40. The molecule has 1 aromatic rings. The number of aromatic nitrogens is 2. The van der Waals surface area contributed by atoms with Crippen molar-refractivity contribution in [1.82, 2.24) is 10.2 Å². The number of nitrogens with zero attached hydrogens (tertiary/aromatic N) is 2. The topological polar surface area (TPSA) is 25.8 Å². The van der Waals surface area contributed by atoms with Crippen LogP contribution in [0.2, 0.25) is 0 Å². The largest absolute Gasteiger partial charge is 0.158 e. The van der Waals surface area contributed by atoms with Crippen LogP contribution in [0.1, 0.15) is 18.9 Å². The summed E-state index contributed by atoms with van der Waals surface area (Å²) in [4.78, 5) is 0. The normalized spacial score (nSPS) is 12.8. The van der Waals surface area contributed by atoms with Crippen molar-refractivity contribution < 1.29 is 0 Å². The molecule has 2 nitrogen and oxygen atoms in total. The number of hydrogen-bond donors (Lipinski definition) is 0. The van der Waals surface area contributed by atoms with Gasteiger partial charge in [0.25, 0.3) is 0 Å². The van der Waals surface area contributed by atoms with Crippen LogP contribution in [0.4, 0.5) is 0 Å². The molecule has 0 saturated carbocycles. The number of hydrogen-bond acceptors (Lipinski definition) is 3. The summed E-state index contributed by atoms with van der Waals surface area (Å²) >= 11 is 7.37. The molecular formula is C9H13ClN2S. The van der Waals surface area contributed by atoms with Crippen molar-refractivity contribution >= 4 is 23.4 Å². The SMILES string of the molecule is Cc1cnnc(SC(C)CCCl)c1. The average molecular weight is 217 g/mol. The molecule has 0 aliphatic rings. The number of alkyl halides is 1. The average Bonchev–Trinajstić information content (AvgIpc) is 2.04. The smallest absolute Gasteiger partial charge is 0.119 e. The lowest BCUT2D eigenvalue weighted by atomic mass is 10.4. The van der Waals surface area contributed by atoms with Crippen LogP contribution in [-0.2, 0) is 0 Å². The van der Waals surface area contributed by atoms with E-state index in [1.54, 1.807) is 18.0 Å². The molecule has 4 heteroatoms. The van der Waals surface area contributed by atoms with Gasteiger partial charge in [-0.15, -0.1) is 28.5 Å². The first-order chi connectivity index (χ1) is 6.22. The van der Waals surface area contributed by atoms with Crippen molar-refractivity contribution in [1.29, 1.82) is 0 Å². The van der Waals surface area contributed by atoms with Gasteiger partial charge >= 0.3 is 0 Å². The van der Waals surface area contributed by atoms with Gasteiger partial charge in [0.05, 0.1) is 6.20 Å². The van der Waals surface area contributed by atoms with Crippen molar-refractivity contribution in [3.63, 3.8) is 0 Å².